The van der Waals surface area contributed by atoms with Crippen LogP contribution in [0.2, 0.25) is 0 Å². The summed E-state index contributed by atoms with van der Waals surface area (Å²) < 4.78 is 0. The number of hydrogen-bond donors (Lipinski definition) is 2. The van der Waals surface area contributed by atoms with E-state index in [1.165, 1.54) is 29.9 Å². The zero-order valence-electron chi connectivity index (χ0n) is 8.54. The molecule has 3 heteroatoms. The molecule has 0 aromatic carbocycles. The highest BCUT2D eigenvalue weighted by molar-refractivity contribution is 7.99. The third-order valence-electron chi connectivity index (χ3n) is 3.10. The van der Waals surface area contributed by atoms with Crippen LogP contribution in [-0.4, -0.2) is 35.3 Å². The lowest BCUT2D eigenvalue weighted by Gasteiger charge is -2.28. The first-order chi connectivity index (χ1) is 6.86. The highest BCUT2D eigenvalue weighted by atomic mass is 32.2. The van der Waals surface area contributed by atoms with Crippen molar-refractivity contribution in [3.05, 3.63) is 11.6 Å². The van der Waals surface area contributed by atoms with E-state index < -0.39 is 0 Å². The number of aliphatic hydroxyl groups excluding tert-OH is 1. The van der Waals surface area contributed by atoms with E-state index in [4.69, 9.17) is 0 Å². The first-order valence-electron chi connectivity index (χ1n) is 5.53. The maximum atomic E-state index is 9.76. The first kappa shape index (κ1) is 10.5. The van der Waals surface area contributed by atoms with Crippen molar-refractivity contribution in [2.75, 3.05) is 18.1 Å². The average Bonchev–Trinajstić information content (AvgIpc) is 2.69. The second-order valence-corrected chi connectivity index (χ2v) is 5.25. The topological polar surface area (TPSA) is 32.3 Å². The summed E-state index contributed by atoms with van der Waals surface area (Å²) in [6, 6.07) is 0.343. The predicted octanol–water partition coefficient (Wildman–Crippen LogP) is 1.55. The van der Waals surface area contributed by atoms with E-state index in [0.29, 0.717) is 6.04 Å². The lowest BCUT2D eigenvalue weighted by Crippen LogP contribution is -2.42. The van der Waals surface area contributed by atoms with Gasteiger partial charge in [-0.2, -0.15) is 11.8 Å². The highest BCUT2D eigenvalue weighted by Crippen LogP contribution is 2.20. The number of nitrogens with one attached hydrogen (secondary N) is 1. The van der Waals surface area contributed by atoms with Crippen molar-refractivity contribution >= 4 is 11.8 Å². The molecule has 1 aliphatic heterocycles. The Bertz CT molecular complexity index is 217. The Kier molecular flexibility index (Phi) is 3.90. The van der Waals surface area contributed by atoms with E-state index in [-0.39, 0.29) is 6.10 Å². The van der Waals surface area contributed by atoms with Gasteiger partial charge in [0.25, 0.3) is 0 Å². The van der Waals surface area contributed by atoms with Gasteiger partial charge in [-0.25, -0.2) is 0 Å². The molecular formula is C11H19NOS. The molecule has 14 heavy (non-hydrogen) atoms. The summed E-state index contributed by atoms with van der Waals surface area (Å²) in [5.41, 5.74) is 1.51. The van der Waals surface area contributed by atoms with Gasteiger partial charge in [0.15, 0.2) is 0 Å². The molecule has 2 rings (SSSR count). The SMILES string of the molecule is OC1CCCCC1NCC1=CCSC1. The van der Waals surface area contributed by atoms with Crippen LogP contribution in [0, 0.1) is 0 Å². The second kappa shape index (κ2) is 5.19. The maximum Gasteiger partial charge on any atom is 0.0693 e. The zero-order chi connectivity index (χ0) is 9.80. The molecule has 2 nitrogen and oxygen atoms in total. The summed E-state index contributed by atoms with van der Waals surface area (Å²) in [6.07, 6.45) is 6.78. The molecule has 80 valence electrons. The van der Waals surface area contributed by atoms with Gasteiger partial charge >= 0.3 is 0 Å². The predicted molar refractivity (Wildman–Crippen MR) is 61.7 cm³/mol. The van der Waals surface area contributed by atoms with Crippen LogP contribution in [0.25, 0.3) is 0 Å². The Morgan fingerprint density at radius 1 is 1.43 bits per heavy atom. The van der Waals surface area contributed by atoms with Crippen molar-refractivity contribution in [1.29, 1.82) is 0 Å². The minimum Gasteiger partial charge on any atom is -0.392 e. The molecule has 2 atom stereocenters. The zero-order valence-corrected chi connectivity index (χ0v) is 9.35. The van der Waals surface area contributed by atoms with Gasteiger partial charge in [0.2, 0.25) is 0 Å². The molecule has 2 unspecified atom stereocenters. The fraction of sp³-hybridized carbons (Fsp3) is 0.818. The number of hydrogen-bond acceptors (Lipinski definition) is 3. The summed E-state index contributed by atoms with van der Waals surface area (Å²) in [7, 11) is 0. The molecule has 0 radical (unpaired) electrons. The van der Waals surface area contributed by atoms with Crippen molar-refractivity contribution in [3.63, 3.8) is 0 Å². The van der Waals surface area contributed by atoms with Gasteiger partial charge in [0, 0.05) is 24.1 Å². The molecule has 1 saturated carbocycles. The molecule has 0 amide bonds. The molecule has 0 saturated heterocycles. The second-order valence-electron chi connectivity index (χ2n) is 4.22. The standard InChI is InChI=1S/C11H19NOS/c13-11-4-2-1-3-10(11)12-7-9-5-6-14-8-9/h5,10-13H,1-4,6-8H2. The van der Waals surface area contributed by atoms with Crippen LogP contribution in [-0.2, 0) is 0 Å². The van der Waals surface area contributed by atoms with Gasteiger partial charge in [-0.05, 0) is 18.4 Å². The van der Waals surface area contributed by atoms with Gasteiger partial charge in [-0.1, -0.05) is 18.9 Å². The van der Waals surface area contributed by atoms with Gasteiger partial charge in [0.05, 0.1) is 6.10 Å². The molecule has 0 spiro atoms. The molecule has 1 fully saturated rings. The maximum absolute atomic E-state index is 9.76. The fourth-order valence-electron chi connectivity index (χ4n) is 2.16. The summed E-state index contributed by atoms with van der Waals surface area (Å²) >= 11 is 1.97. The Balaban J connectivity index is 1.73. The van der Waals surface area contributed by atoms with E-state index in [9.17, 15) is 5.11 Å². The van der Waals surface area contributed by atoms with Gasteiger partial charge in [-0.15, -0.1) is 0 Å². The van der Waals surface area contributed by atoms with Crippen molar-refractivity contribution < 1.29 is 5.11 Å². The largest absolute Gasteiger partial charge is 0.392 e. The summed E-state index contributed by atoms with van der Waals surface area (Å²) in [4.78, 5) is 0. The summed E-state index contributed by atoms with van der Waals surface area (Å²) in [6.45, 7) is 0.981. The van der Waals surface area contributed by atoms with Gasteiger partial charge in [-0.3, -0.25) is 0 Å². The minimum atomic E-state index is -0.113. The number of aliphatic hydroxyl groups is 1. The molecule has 2 N–H and O–H groups in total. The average molecular weight is 213 g/mol. The monoisotopic (exact) mass is 213 g/mol. The van der Waals surface area contributed by atoms with Crippen LogP contribution >= 0.6 is 11.8 Å². The van der Waals surface area contributed by atoms with Crippen LogP contribution in [0.15, 0.2) is 11.6 Å². The molecular weight excluding hydrogens is 194 g/mol. The highest BCUT2D eigenvalue weighted by Gasteiger charge is 2.22. The molecule has 1 aliphatic carbocycles. The molecule has 0 aromatic rings. The van der Waals surface area contributed by atoms with Crippen LogP contribution in [0.1, 0.15) is 25.7 Å². The Morgan fingerprint density at radius 2 is 2.29 bits per heavy atom. The number of rotatable bonds is 3. The van der Waals surface area contributed by atoms with E-state index in [2.05, 4.69) is 11.4 Å². The normalized spacial score (nSPS) is 33.1. The first-order valence-corrected chi connectivity index (χ1v) is 6.69. The minimum absolute atomic E-state index is 0.113. The molecule has 0 aromatic heterocycles. The van der Waals surface area contributed by atoms with Crippen molar-refractivity contribution in [3.8, 4) is 0 Å². The van der Waals surface area contributed by atoms with Crippen molar-refractivity contribution in [2.24, 2.45) is 0 Å². The van der Waals surface area contributed by atoms with Crippen LogP contribution < -0.4 is 5.32 Å². The third-order valence-corrected chi connectivity index (χ3v) is 4.08. The smallest absolute Gasteiger partial charge is 0.0693 e. The Hall–Kier alpha value is 0.01000. The number of thioether (sulfide) groups is 1. The third kappa shape index (κ3) is 2.75. The van der Waals surface area contributed by atoms with E-state index in [1.54, 1.807) is 0 Å². The fourth-order valence-corrected chi connectivity index (χ4v) is 3.11. The van der Waals surface area contributed by atoms with E-state index in [0.717, 1.165) is 19.4 Å². The molecule has 2 aliphatic rings. The van der Waals surface area contributed by atoms with Crippen molar-refractivity contribution in [1.82, 2.24) is 5.32 Å². The van der Waals surface area contributed by atoms with Gasteiger partial charge < -0.3 is 10.4 Å². The van der Waals surface area contributed by atoms with E-state index in [1.807, 2.05) is 11.8 Å². The quantitative estimate of drug-likeness (QED) is 0.698. The summed E-state index contributed by atoms with van der Waals surface area (Å²) in [5, 5.41) is 13.2. The Labute approximate surface area is 90.2 Å². The van der Waals surface area contributed by atoms with E-state index >= 15 is 0 Å². The summed E-state index contributed by atoms with van der Waals surface area (Å²) in [5.74, 6) is 2.35. The van der Waals surface area contributed by atoms with Crippen LogP contribution in [0.3, 0.4) is 0 Å². The molecule has 1 heterocycles. The lowest BCUT2D eigenvalue weighted by atomic mass is 9.92. The van der Waals surface area contributed by atoms with Crippen LogP contribution in [0.5, 0.6) is 0 Å². The lowest BCUT2D eigenvalue weighted by molar-refractivity contribution is 0.0925. The van der Waals surface area contributed by atoms with Crippen LogP contribution in [0.4, 0.5) is 0 Å². The van der Waals surface area contributed by atoms with Gasteiger partial charge in [0.1, 0.15) is 0 Å². The Morgan fingerprint density at radius 3 is 3.00 bits per heavy atom. The van der Waals surface area contributed by atoms with Crippen molar-refractivity contribution in [2.45, 2.75) is 37.8 Å². The molecule has 0 bridgehead atoms.